The van der Waals surface area contributed by atoms with Crippen LogP contribution in [0.1, 0.15) is 12.5 Å². The van der Waals surface area contributed by atoms with Gasteiger partial charge >= 0.3 is 0 Å². The SMILES string of the molecule is COc1ccc(N2CC[NH+]([C@@H](C)C(=O)N3CC[NH+](Cc4ccccc4)CC3)CC2)cc1. The molecule has 166 valence electrons. The molecular weight excluding hydrogens is 388 g/mol. The van der Waals surface area contributed by atoms with Crippen LogP contribution in [0, 0.1) is 0 Å². The summed E-state index contributed by atoms with van der Waals surface area (Å²) < 4.78 is 5.26. The summed E-state index contributed by atoms with van der Waals surface area (Å²) >= 11 is 0. The molecule has 2 fully saturated rings. The fourth-order valence-electron chi connectivity index (χ4n) is 4.83. The van der Waals surface area contributed by atoms with Gasteiger partial charge in [0.05, 0.1) is 59.5 Å². The molecule has 1 amide bonds. The number of carbonyl (C=O) groups excluding carboxylic acids is 1. The number of carbonyl (C=O) groups is 1. The minimum absolute atomic E-state index is 0.0358. The zero-order chi connectivity index (χ0) is 21.6. The van der Waals surface area contributed by atoms with Crippen molar-refractivity contribution in [3.05, 3.63) is 60.2 Å². The second kappa shape index (κ2) is 10.2. The van der Waals surface area contributed by atoms with Crippen LogP contribution in [-0.4, -0.2) is 76.3 Å². The van der Waals surface area contributed by atoms with E-state index in [-0.39, 0.29) is 6.04 Å². The molecule has 6 heteroatoms. The maximum absolute atomic E-state index is 13.2. The number of anilines is 1. The highest BCUT2D eigenvalue weighted by Crippen LogP contribution is 2.19. The van der Waals surface area contributed by atoms with Crippen molar-refractivity contribution < 1.29 is 19.3 Å². The van der Waals surface area contributed by atoms with Gasteiger partial charge < -0.3 is 24.3 Å². The summed E-state index contributed by atoms with van der Waals surface area (Å²) in [6.45, 7) is 10.9. The van der Waals surface area contributed by atoms with Crippen LogP contribution in [0.25, 0.3) is 0 Å². The smallest absolute Gasteiger partial charge is 0.280 e. The zero-order valence-electron chi connectivity index (χ0n) is 18.8. The fourth-order valence-corrected chi connectivity index (χ4v) is 4.83. The molecule has 2 N–H and O–H groups in total. The molecule has 2 aromatic carbocycles. The molecule has 31 heavy (non-hydrogen) atoms. The summed E-state index contributed by atoms with van der Waals surface area (Å²) in [4.78, 5) is 20.6. The molecule has 0 bridgehead atoms. The number of piperazine rings is 2. The Morgan fingerprint density at radius 2 is 1.58 bits per heavy atom. The third-order valence-corrected chi connectivity index (χ3v) is 6.91. The maximum atomic E-state index is 13.2. The number of rotatable bonds is 6. The van der Waals surface area contributed by atoms with E-state index in [1.165, 1.54) is 16.2 Å². The monoisotopic (exact) mass is 424 g/mol. The summed E-state index contributed by atoms with van der Waals surface area (Å²) in [5.41, 5.74) is 2.61. The first kappa shape index (κ1) is 21.7. The minimum Gasteiger partial charge on any atom is -0.497 e. The first-order chi connectivity index (χ1) is 15.1. The van der Waals surface area contributed by atoms with Crippen LogP contribution in [0.4, 0.5) is 5.69 Å². The van der Waals surface area contributed by atoms with E-state index in [2.05, 4.69) is 59.2 Å². The Labute approximate surface area is 186 Å². The average molecular weight is 425 g/mol. The quantitative estimate of drug-likeness (QED) is 0.670. The van der Waals surface area contributed by atoms with Crippen molar-refractivity contribution in [2.45, 2.75) is 19.5 Å². The largest absolute Gasteiger partial charge is 0.497 e. The molecular formula is C25H36N4O2+2. The second-order valence-electron chi connectivity index (χ2n) is 8.80. The molecule has 2 aliphatic heterocycles. The molecule has 0 aromatic heterocycles. The van der Waals surface area contributed by atoms with Crippen molar-refractivity contribution in [3.63, 3.8) is 0 Å². The topological polar surface area (TPSA) is 41.7 Å². The van der Waals surface area contributed by atoms with Gasteiger partial charge in [-0.2, -0.15) is 0 Å². The lowest BCUT2D eigenvalue weighted by atomic mass is 10.1. The van der Waals surface area contributed by atoms with E-state index in [1.54, 1.807) is 12.0 Å². The normalized spacial score (nSPS) is 19.3. The van der Waals surface area contributed by atoms with E-state index in [1.807, 2.05) is 12.1 Å². The lowest BCUT2D eigenvalue weighted by molar-refractivity contribution is -0.920. The van der Waals surface area contributed by atoms with E-state index in [4.69, 9.17) is 4.74 Å². The third kappa shape index (κ3) is 5.38. The third-order valence-electron chi connectivity index (χ3n) is 6.91. The van der Waals surface area contributed by atoms with Gasteiger partial charge in [0.15, 0.2) is 6.04 Å². The molecule has 2 aliphatic rings. The number of nitrogens with one attached hydrogen (secondary N) is 2. The van der Waals surface area contributed by atoms with Gasteiger partial charge in [-0.25, -0.2) is 0 Å². The van der Waals surface area contributed by atoms with E-state index >= 15 is 0 Å². The molecule has 0 radical (unpaired) electrons. The van der Waals surface area contributed by atoms with Crippen LogP contribution in [0.5, 0.6) is 5.75 Å². The highest BCUT2D eigenvalue weighted by molar-refractivity contribution is 5.80. The van der Waals surface area contributed by atoms with Gasteiger partial charge in [0.1, 0.15) is 12.3 Å². The van der Waals surface area contributed by atoms with Crippen LogP contribution in [0.2, 0.25) is 0 Å². The summed E-state index contributed by atoms with van der Waals surface area (Å²) in [6, 6.07) is 19.0. The number of hydrogen-bond donors (Lipinski definition) is 2. The van der Waals surface area contributed by atoms with Crippen molar-refractivity contribution in [3.8, 4) is 5.75 Å². The summed E-state index contributed by atoms with van der Waals surface area (Å²) in [5, 5.41) is 0. The minimum atomic E-state index is 0.0358. The van der Waals surface area contributed by atoms with Gasteiger partial charge in [-0.15, -0.1) is 0 Å². The second-order valence-corrected chi connectivity index (χ2v) is 8.80. The molecule has 0 saturated carbocycles. The van der Waals surface area contributed by atoms with Gasteiger partial charge in [-0.1, -0.05) is 30.3 Å². The lowest BCUT2D eigenvalue weighted by Crippen LogP contribution is -3.19. The van der Waals surface area contributed by atoms with Gasteiger partial charge in [-0.05, 0) is 31.2 Å². The Hall–Kier alpha value is -2.57. The van der Waals surface area contributed by atoms with Gasteiger partial charge in [0.2, 0.25) is 0 Å². The number of quaternary nitrogens is 2. The van der Waals surface area contributed by atoms with Crippen LogP contribution in [0.15, 0.2) is 54.6 Å². The van der Waals surface area contributed by atoms with E-state index in [0.29, 0.717) is 5.91 Å². The number of amides is 1. The highest BCUT2D eigenvalue weighted by Gasteiger charge is 2.34. The highest BCUT2D eigenvalue weighted by atomic mass is 16.5. The standard InChI is InChI=1S/C25H34N4O2/c1-21(27-16-18-28(19-17-27)23-8-10-24(31-2)11-9-23)25(30)29-14-12-26(13-15-29)20-22-6-4-3-5-7-22/h3-11,21H,12-20H2,1-2H3/p+2/t21-/m0/s1. The first-order valence-corrected chi connectivity index (χ1v) is 11.5. The van der Waals surface area contributed by atoms with Crippen molar-refractivity contribution >= 4 is 11.6 Å². The van der Waals surface area contributed by atoms with Crippen molar-refractivity contribution in [1.82, 2.24) is 4.90 Å². The molecule has 0 aliphatic carbocycles. The van der Waals surface area contributed by atoms with E-state index in [0.717, 1.165) is 64.7 Å². The van der Waals surface area contributed by atoms with Gasteiger partial charge in [0.25, 0.3) is 5.91 Å². The Kier molecular flexibility index (Phi) is 7.10. The molecule has 4 rings (SSSR count). The number of benzene rings is 2. The van der Waals surface area contributed by atoms with Crippen LogP contribution in [-0.2, 0) is 11.3 Å². The summed E-state index contributed by atoms with van der Waals surface area (Å²) in [7, 11) is 1.69. The zero-order valence-corrected chi connectivity index (χ0v) is 18.8. The predicted molar refractivity (Wildman–Crippen MR) is 123 cm³/mol. The Morgan fingerprint density at radius 3 is 2.19 bits per heavy atom. The van der Waals surface area contributed by atoms with Crippen LogP contribution < -0.4 is 19.4 Å². The molecule has 0 spiro atoms. The predicted octanol–water partition coefficient (Wildman–Crippen LogP) is -0.284. The van der Waals surface area contributed by atoms with E-state index in [9.17, 15) is 4.79 Å². The molecule has 2 aromatic rings. The van der Waals surface area contributed by atoms with Crippen molar-refractivity contribution in [2.75, 3.05) is 64.4 Å². The van der Waals surface area contributed by atoms with E-state index < -0.39 is 0 Å². The summed E-state index contributed by atoms with van der Waals surface area (Å²) in [6.07, 6.45) is 0. The molecule has 1 atom stereocenters. The van der Waals surface area contributed by atoms with Gasteiger partial charge in [-0.3, -0.25) is 4.79 Å². The van der Waals surface area contributed by atoms with Crippen molar-refractivity contribution in [1.29, 1.82) is 0 Å². The Bertz CT molecular complexity index is 826. The Balaban J connectivity index is 1.23. The molecule has 0 unspecified atom stereocenters. The molecule has 2 heterocycles. The Morgan fingerprint density at radius 1 is 0.935 bits per heavy atom. The lowest BCUT2D eigenvalue weighted by Gasteiger charge is -2.38. The number of methoxy groups -OCH3 is 1. The average Bonchev–Trinajstić information content (AvgIpc) is 2.84. The van der Waals surface area contributed by atoms with Crippen molar-refractivity contribution in [2.24, 2.45) is 0 Å². The molecule has 6 nitrogen and oxygen atoms in total. The van der Waals surface area contributed by atoms with Gasteiger partial charge in [0, 0.05) is 11.3 Å². The maximum Gasteiger partial charge on any atom is 0.280 e. The summed E-state index contributed by atoms with van der Waals surface area (Å²) in [5.74, 6) is 1.21. The number of hydrogen-bond acceptors (Lipinski definition) is 3. The van der Waals surface area contributed by atoms with Crippen LogP contribution >= 0.6 is 0 Å². The fraction of sp³-hybridized carbons (Fsp3) is 0.480. The van der Waals surface area contributed by atoms with Crippen LogP contribution in [0.3, 0.4) is 0 Å². The molecule has 2 saturated heterocycles. The first-order valence-electron chi connectivity index (χ1n) is 11.5. The number of ether oxygens (including phenoxy) is 1. The number of nitrogens with zero attached hydrogens (tertiary/aromatic N) is 2.